The number of amides is 1. The molecule has 0 saturated heterocycles. The van der Waals surface area contributed by atoms with Gasteiger partial charge in [0.2, 0.25) is 0 Å². The molecule has 7 heteroatoms. The van der Waals surface area contributed by atoms with E-state index in [9.17, 15) is 4.79 Å². The number of hydrogen-bond donors (Lipinski definition) is 3. The van der Waals surface area contributed by atoms with E-state index in [1.807, 2.05) is 6.92 Å². The highest BCUT2D eigenvalue weighted by Gasteiger charge is 2.32. The number of rotatable bonds is 6. The molecule has 1 heterocycles. The molecule has 2 fully saturated rings. The number of nitrogens with one attached hydrogen (secondary N) is 2. The number of thiazole rings is 1. The molecule has 20 heavy (non-hydrogen) atoms. The number of carbonyl (C=O) groups excluding carboxylic acids is 1. The lowest BCUT2D eigenvalue weighted by atomic mass is 9.89. The number of carbonyl (C=O) groups is 1. The van der Waals surface area contributed by atoms with E-state index in [4.69, 9.17) is 10.5 Å². The van der Waals surface area contributed by atoms with E-state index in [2.05, 4.69) is 15.6 Å². The molecule has 6 nitrogen and oxygen atoms in total. The molecule has 1 amide bonds. The second-order valence-electron chi connectivity index (χ2n) is 5.37. The molecular formula is C13H20N4O2S. The van der Waals surface area contributed by atoms with Crippen LogP contribution in [0.3, 0.4) is 0 Å². The van der Waals surface area contributed by atoms with Gasteiger partial charge in [0, 0.05) is 18.7 Å². The van der Waals surface area contributed by atoms with Crippen LogP contribution >= 0.6 is 11.3 Å². The van der Waals surface area contributed by atoms with Crippen molar-refractivity contribution in [3.05, 3.63) is 4.88 Å². The summed E-state index contributed by atoms with van der Waals surface area (Å²) >= 11 is 1.33. The van der Waals surface area contributed by atoms with Crippen molar-refractivity contribution in [1.29, 1.82) is 0 Å². The van der Waals surface area contributed by atoms with Crippen molar-refractivity contribution in [3.63, 3.8) is 0 Å². The third-order valence-electron chi connectivity index (χ3n) is 3.60. The third-order valence-corrected chi connectivity index (χ3v) is 4.60. The summed E-state index contributed by atoms with van der Waals surface area (Å²) in [6.07, 6.45) is 4.39. The van der Waals surface area contributed by atoms with Crippen LogP contribution < -0.4 is 16.4 Å². The van der Waals surface area contributed by atoms with E-state index in [-0.39, 0.29) is 18.1 Å². The molecule has 1 aromatic rings. The summed E-state index contributed by atoms with van der Waals surface area (Å²) in [6.45, 7) is 2.71. The second-order valence-corrected chi connectivity index (χ2v) is 6.37. The summed E-state index contributed by atoms with van der Waals surface area (Å²) in [5, 5.41) is 7.00. The number of anilines is 2. The molecule has 1 aromatic heterocycles. The number of nitrogens with zero attached hydrogens (tertiary/aromatic N) is 1. The van der Waals surface area contributed by atoms with Crippen LogP contribution in [0.25, 0.3) is 0 Å². The first kappa shape index (κ1) is 13.6. The fraction of sp³-hybridized carbons (Fsp3) is 0.692. The lowest BCUT2D eigenvalue weighted by Gasteiger charge is -2.35. The van der Waals surface area contributed by atoms with E-state index in [1.54, 1.807) is 0 Å². The highest BCUT2D eigenvalue weighted by molar-refractivity contribution is 7.18. The van der Waals surface area contributed by atoms with Gasteiger partial charge in [-0.05, 0) is 32.6 Å². The Hall–Kier alpha value is -1.34. The zero-order chi connectivity index (χ0) is 14.1. The van der Waals surface area contributed by atoms with Gasteiger partial charge in [0.1, 0.15) is 10.7 Å². The average Bonchev–Trinajstić information content (AvgIpc) is 3.09. The van der Waals surface area contributed by atoms with Crippen LogP contribution in [0.5, 0.6) is 0 Å². The van der Waals surface area contributed by atoms with Crippen molar-refractivity contribution >= 4 is 28.2 Å². The van der Waals surface area contributed by atoms with Crippen LogP contribution in [0, 0.1) is 0 Å². The van der Waals surface area contributed by atoms with Crippen molar-refractivity contribution in [1.82, 2.24) is 10.3 Å². The zero-order valence-corrected chi connectivity index (χ0v) is 12.3. The molecule has 0 bridgehead atoms. The largest absolute Gasteiger partial charge is 0.382 e. The van der Waals surface area contributed by atoms with Gasteiger partial charge in [-0.25, -0.2) is 4.98 Å². The van der Waals surface area contributed by atoms with Crippen LogP contribution in [0.15, 0.2) is 0 Å². The van der Waals surface area contributed by atoms with Gasteiger partial charge in [0.15, 0.2) is 5.13 Å². The first-order valence-electron chi connectivity index (χ1n) is 7.11. The van der Waals surface area contributed by atoms with E-state index >= 15 is 0 Å². The number of aromatic nitrogens is 1. The Balaban J connectivity index is 1.53. The Bertz CT molecular complexity index is 495. The molecule has 2 aliphatic rings. The Morgan fingerprint density at radius 1 is 1.45 bits per heavy atom. The maximum Gasteiger partial charge on any atom is 0.265 e. The normalized spacial score (nSPS) is 25.1. The topological polar surface area (TPSA) is 89.3 Å². The minimum atomic E-state index is -0.121. The number of nitrogen functional groups attached to an aromatic ring is 1. The molecule has 2 aliphatic carbocycles. The molecule has 0 aromatic carbocycles. The van der Waals surface area contributed by atoms with Crippen LogP contribution in [0.2, 0.25) is 0 Å². The van der Waals surface area contributed by atoms with Crippen LogP contribution in [-0.2, 0) is 4.74 Å². The first-order chi connectivity index (χ1) is 9.65. The minimum absolute atomic E-state index is 0.121. The van der Waals surface area contributed by atoms with E-state index < -0.39 is 0 Å². The van der Waals surface area contributed by atoms with Gasteiger partial charge < -0.3 is 21.1 Å². The quantitative estimate of drug-likeness (QED) is 0.742. The molecule has 0 unspecified atom stereocenters. The number of hydrogen-bond acceptors (Lipinski definition) is 6. The standard InChI is InChI=1S/C13H20N4O2S/c1-2-19-9-5-8(6-9)15-12(18)10-11(14)17-13(20-10)16-7-3-4-7/h7-9H,2-6,14H2,1H3,(H,15,18)(H,16,17). The van der Waals surface area contributed by atoms with Gasteiger partial charge >= 0.3 is 0 Å². The summed E-state index contributed by atoms with van der Waals surface area (Å²) in [5.74, 6) is 0.195. The summed E-state index contributed by atoms with van der Waals surface area (Å²) in [5.41, 5.74) is 5.82. The summed E-state index contributed by atoms with van der Waals surface area (Å²) in [6, 6.07) is 0.704. The van der Waals surface area contributed by atoms with Gasteiger partial charge in [-0.3, -0.25) is 4.79 Å². The fourth-order valence-corrected chi connectivity index (χ4v) is 3.13. The predicted molar refractivity (Wildman–Crippen MR) is 79.1 cm³/mol. The molecule has 0 spiro atoms. The van der Waals surface area contributed by atoms with Crippen LogP contribution in [0.4, 0.5) is 10.9 Å². The van der Waals surface area contributed by atoms with Crippen LogP contribution in [0.1, 0.15) is 42.3 Å². The van der Waals surface area contributed by atoms with Crippen molar-refractivity contribution in [2.45, 2.75) is 50.8 Å². The zero-order valence-electron chi connectivity index (χ0n) is 11.5. The summed E-state index contributed by atoms with van der Waals surface area (Å²) in [7, 11) is 0. The van der Waals surface area contributed by atoms with Crippen LogP contribution in [-0.4, -0.2) is 35.7 Å². The number of ether oxygens (including phenoxy) is 1. The minimum Gasteiger partial charge on any atom is -0.382 e. The second kappa shape index (κ2) is 5.57. The molecule has 0 aliphatic heterocycles. The first-order valence-corrected chi connectivity index (χ1v) is 7.92. The SMILES string of the molecule is CCOC1CC(NC(=O)c2sc(NC3CC3)nc2N)C1. The maximum atomic E-state index is 12.2. The third kappa shape index (κ3) is 3.04. The Labute approximate surface area is 122 Å². The smallest absolute Gasteiger partial charge is 0.265 e. The maximum absolute atomic E-state index is 12.2. The predicted octanol–water partition coefficient (Wildman–Crippen LogP) is 1.60. The Morgan fingerprint density at radius 2 is 2.20 bits per heavy atom. The van der Waals surface area contributed by atoms with Gasteiger partial charge in [-0.1, -0.05) is 11.3 Å². The highest BCUT2D eigenvalue weighted by Crippen LogP contribution is 2.31. The molecule has 110 valence electrons. The summed E-state index contributed by atoms with van der Waals surface area (Å²) in [4.78, 5) is 16.9. The van der Waals surface area contributed by atoms with Gasteiger partial charge in [0.05, 0.1) is 6.10 Å². The monoisotopic (exact) mass is 296 g/mol. The average molecular weight is 296 g/mol. The Kier molecular flexibility index (Phi) is 3.80. The van der Waals surface area contributed by atoms with Gasteiger partial charge in [-0.15, -0.1) is 0 Å². The van der Waals surface area contributed by atoms with Crippen molar-refractivity contribution in [3.8, 4) is 0 Å². The van der Waals surface area contributed by atoms with Gasteiger partial charge in [-0.2, -0.15) is 0 Å². The van der Waals surface area contributed by atoms with Crippen molar-refractivity contribution < 1.29 is 9.53 Å². The van der Waals surface area contributed by atoms with E-state index in [0.29, 0.717) is 16.7 Å². The van der Waals surface area contributed by atoms with E-state index in [0.717, 1.165) is 24.6 Å². The molecular weight excluding hydrogens is 276 g/mol. The van der Waals surface area contributed by atoms with Gasteiger partial charge in [0.25, 0.3) is 5.91 Å². The fourth-order valence-electron chi connectivity index (χ4n) is 2.26. The van der Waals surface area contributed by atoms with Crippen molar-refractivity contribution in [2.24, 2.45) is 0 Å². The molecule has 4 N–H and O–H groups in total. The lowest BCUT2D eigenvalue weighted by Crippen LogP contribution is -2.47. The molecule has 0 atom stereocenters. The Morgan fingerprint density at radius 3 is 2.85 bits per heavy atom. The van der Waals surface area contributed by atoms with Crippen molar-refractivity contribution in [2.75, 3.05) is 17.7 Å². The summed E-state index contributed by atoms with van der Waals surface area (Å²) < 4.78 is 5.48. The molecule has 2 saturated carbocycles. The highest BCUT2D eigenvalue weighted by atomic mass is 32.1. The lowest BCUT2D eigenvalue weighted by molar-refractivity contribution is -0.00858. The molecule has 3 rings (SSSR count). The molecule has 0 radical (unpaired) electrons. The number of nitrogens with two attached hydrogens (primary N) is 1. The van der Waals surface area contributed by atoms with E-state index in [1.165, 1.54) is 24.2 Å².